The first-order chi connectivity index (χ1) is 4.84. The number of benzene rings is 1. The Labute approximate surface area is 62.9 Å². The largest absolute Gasteiger partial charge is 0.504 e. The van der Waals surface area contributed by atoms with E-state index in [0.29, 0.717) is 12.0 Å². The maximum atomic E-state index is 9.10. The highest BCUT2D eigenvalue weighted by Gasteiger charge is 1.96. The van der Waals surface area contributed by atoms with Crippen LogP contribution in [-0.4, -0.2) is 21.6 Å². The summed E-state index contributed by atoms with van der Waals surface area (Å²) in [6.45, 7) is 0. The molecule has 0 unspecified atom stereocenters. The Morgan fingerprint density at radius 2 is 2.10 bits per heavy atom. The van der Waals surface area contributed by atoms with E-state index in [-0.39, 0.29) is 5.75 Å². The molecule has 1 rings (SSSR count). The summed E-state index contributed by atoms with van der Waals surface area (Å²) < 4.78 is 5.00. The monoisotopic (exact) mass is 151 g/mol. The second kappa shape index (κ2) is 3.27. The number of rotatable bonds is 2. The van der Waals surface area contributed by atoms with Crippen LogP contribution in [0, 0.1) is 0 Å². The third kappa shape index (κ3) is 1.51. The van der Waals surface area contributed by atoms with Crippen LogP contribution in [0.5, 0.6) is 11.5 Å². The molecule has 0 aliphatic carbocycles. The molecule has 0 atom stereocenters. The Kier molecular flexibility index (Phi) is 2.34. The Morgan fingerprint density at radius 3 is 2.70 bits per heavy atom. The Hall–Kier alpha value is -0.963. The molecule has 0 aromatic heterocycles. The molecule has 10 heavy (non-hydrogen) atoms. The van der Waals surface area contributed by atoms with Crippen LogP contribution in [0.3, 0.4) is 0 Å². The van der Waals surface area contributed by atoms with Crippen LogP contribution < -0.4 is 4.74 Å². The SMILES string of the molecule is Oc1ccccc1OC[Si]. The summed E-state index contributed by atoms with van der Waals surface area (Å²) in [4.78, 5) is 0. The van der Waals surface area contributed by atoms with Crippen LogP contribution in [0.4, 0.5) is 0 Å². The molecule has 2 nitrogen and oxygen atoms in total. The molecule has 0 saturated heterocycles. The van der Waals surface area contributed by atoms with Gasteiger partial charge in [0, 0.05) is 0 Å². The molecule has 0 saturated carbocycles. The van der Waals surface area contributed by atoms with Crippen LogP contribution in [0.25, 0.3) is 0 Å². The van der Waals surface area contributed by atoms with Crippen LogP contribution in [0.2, 0.25) is 0 Å². The number of hydrogen-bond donors (Lipinski definition) is 1. The van der Waals surface area contributed by atoms with E-state index < -0.39 is 0 Å². The summed E-state index contributed by atoms with van der Waals surface area (Å²) >= 11 is 0. The zero-order valence-electron chi connectivity index (χ0n) is 5.37. The lowest BCUT2D eigenvalue weighted by molar-refractivity contribution is 0.354. The van der Waals surface area contributed by atoms with E-state index in [9.17, 15) is 0 Å². The third-order valence-electron chi connectivity index (χ3n) is 1.09. The van der Waals surface area contributed by atoms with Gasteiger partial charge in [-0.15, -0.1) is 0 Å². The topological polar surface area (TPSA) is 29.5 Å². The zero-order chi connectivity index (χ0) is 7.40. The van der Waals surface area contributed by atoms with Crippen LogP contribution in [-0.2, 0) is 0 Å². The highest BCUT2D eigenvalue weighted by atomic mass is 28.1. The zero-order valence-corrected chi connectivity index (χ0v) is 6.37. The average Bonchev–Trinajstić information content (AvgIpc) is 1.94. The van der Waals surface area contributed by atoms with E-state index in [1.165, 1.54) is 0 Å². The fraction of sp³-hybridized carbons (Fsp3) is 0.143. The fourth-order valence-electron chi connectivity index (χ4n) is 0.657. The molecule has 0 spiro atoms. The van der Waals surface area contributed by atoms with Crippen molar-refractivity contribution < 1.29 is 9.84 Å². The fourth-order valence-corrected chi connectivity index (χ4v) is 0.812. The second-order valence-corrected chi connectivity index (χ2v) is 2.05. The Morgan fingerprint density at radius 1 is 1.40 bits per heavy atom. The van der Waals surface area contributed by atoms with Crippen LogP contribution in [0.1, 0.15) is 0 Å². The molecule has 51 valence electrons. The van der Waals surface area contributed by atoms with Gasteiger partial charge >= 0.3 is 0 Å². The molecule has 0 aliphatic rings. The number of ether oxygens (including phenoxy) is 1. The molecule has 0 aliphatic heterocycles. The molecule has 1 aromatic rings. The van der Waals surface area contributed by atoms with E-state index in [1.54, 1.807) is 24.3 Å². The normalized spacial score (nSPS) is 9.30. The predicted octanol–water partition coefficient (Wildman–Crippen LogP) is 0.897. The minimum atomic E-state index is 0.167. The molecule has 1 N–H and O–H groups in total. The highest BCUT2D eigenvalue weighted by molar-refractivity contribution is 6.08. The lowest BCUT2D eigenvalue weighted by Gasteiger charge is -2.02. The van der Waals surface area contributed by atoms with Gasteiger partial charge in [-0.1, -0.05) is 12.1 Å². The number of para-hydroxylation sites is 2. The molecule has 1 aromatic carbocycles. The van der Waals surface area contributed by atoms with Gasteiger partial charge in [0.05, 0.1) is 16.5 Å². The molecular weight excluding hydrogens is 144 g/mol. The van der Waals surface area contributed by atoms with E-state index in [0.717, 1.165) is 0 Å². The van der Waals surface area contributed by atoms with Gasteiger partial charge in [-0.2, -0.15) is 0 Å². The van der Waals surface area contributed by atoms with Crippen molar-refractivity contribution in [1.29, 1.82) is 0 Å². The maximum absolute atomic E-state index is 9.10. The predicted molar refractivity (Wildman–Crippen MR) is 39.4 cm³/mol. The van der Waals surface area contributed by atoms with Crippen LogP contribution in [0.15, 0.2) is 24.3 Å². The standard InChI is InChI=1S/C7H7O2Si/c8-6-3-1-2-4-7(6)9-5-10/h1-4,8H,5H2. The van der Waals surface area contributed by atoms with Crippen molar-refractivity contribution in [1.82, 2.24) is 0 Å². The second-order valence-electron chi connectivity index (χ2n) is 1.76. The number of phenolic OH excluding ortho intramolecular Hbond substituents is 1. The van der Waals surface area contributed by atoms with Crippen molar-refractivity contribution in [3.63, 3.8) is 0 Å². The lowest BCUT2D eigenvalue weighted by Crippen LogP contribution is -1.94. The smallest absolute Gasteiger partial charge is 0.160 e. The van der Waals surface area contributed by atoms with E-state index in [4.69, 9.17) is 9.84 Å². The molecule has 3 heteroatoms. The molecule has 0 heterocycles. The highest BCUT2D eigenvalue weighted by Crippen LogP contribution is 2.23. The van der Waals surface area contributed by atoms with Gasteiger partial charge in [0.25, 0.3) is 0 Å². The van der Waals surface area contributed by atoms with E-state index >= 15 is 0 Å². The summed E-state index contributed by atoms with van der Waals surface area (Å²) in [5.74, 6) is 0.665. The summed E-state index contributed by atoms with van der Waals surface area (Å²) in [6, 6.07) is 6.83. The van der Waals surface area contributed by atoms with Gasteiger partial charge < -0.3 is 9.84 Å². The third-order valence-corrected chi connectivity index (χ3v) is 1.24. The van der Waals surface area contributed by atoms with Gasteiger partial charge in [0.1, 0.15) is 0 Å². The average molecular weight is 151 g/mol. The summed E-state index contributed by atoms with van der Waals surface area (Å²) in [7, 11) is 3.13. The summed E-state index contributed by atoms with van der Waals surface area (Å²) in [5, 5.41) is 9.10. The summed E-state index contributed by atoms with van der Waals surface area (Å²) in [6.07, 6.45) is 0.386. The van der Waals surface area contributed by atoms with Crippen molar-refractivity contribution >= 4 is 10.2 Å². The number of phenols is 1. The molecule has 0 amide bonds. The molecule has 0 fully saturated rings. The van der Waals surface area contributed by atoms with Crippen molar-refractivity contribution in [3.05, 3.63) is 24.3 Å². The minimum absolute atomic E-state index is 0.167. The first kappa shape index (κ1) is 7.15. The Bertz CT molecular complexity index is 213. The van der Waals surface area contributed by atoms with Gasteiger partial charge in [0.2, 0.25) is 0 Å². The summed E-state index contributed by atoms with van der Waals surface area (Å²) in [5.41, 5.74) is 0. The van der Waals surface area contributed by atoms with Crippen molar-refractivity contribution in [3.8, 4) is 11.5 Å². The first-order valence-electron chi connectivity index (χ1n) is 2.90. The van der Waals surface area contributed by atoms with Gasteiger partial charge in [0.15, 0.2) is 11.5 Å². The van der Waals surface area contributed by atoms with Gasteiger partial charge in [-0.25, -0.2) is 0 Å². The van der Waals surface area contributed by atoms with Gasteiger partial charge in [-0.05, 0) is 12.1 Å². The van der Waals surface area contributed by atoms with Gasteiger partial charge in [-0.3, -0.25) is 0 Å². The molecule has 0 bridgehead atoms. The number of aromatic hydroxyl groups is 1. The maximum Gasteiger partial charge on any atom is 0.160 e. The van der Waals surface area contributed by atoms with Crippen molar-refractivity contribution in [2.75, 3.05) is 6.23 Å². The number of hydrogen-bond acceptors (Lipinski definition) is 2. The van der Waals surface area contributed by atoms with Crippen LogP contribution >= 0.6 is 0 Å². The quantitative estimate of drug-likeness (QED) is 0.636. The molecule has 3 radical (unpaired) electrons. The van der Waals surface area contributed by atoms with E-state index in [2.05, 4.69) is 10.2 Å². The Balaban J connectivity index is 2.81. The van der Waals surface area contributed by atoms with Crippen molar-refractivity contribution in [2.45, 2.75) is 0 Å². The first-order valence-corrected chi connectivity index (χ1v) is 3.60. The minimum Gasteiger partial charge on any atom is -0.504 e. The van der Waals surface area contributed by atoms with E-state index in [1.807, 2.05) is 0 Å². The lowest BCUT2D eigenvalue weighted by atomic mass is 10.3. The molecular formula is C7H7O2Si. The van der Waals surface area contributed by atoms with Crippen molar-refractivity contribution in [2.24, 2.45) is 0 Å².